The number of halogens is 1. The van der Waals surface area contributed by atoms with Crippen molar-refractivity contribution in [1.82, 2.24) is 0 Å². The Morgan fingerprint density at radius 2 is 2.18 bits per heavy atom. The van der Waals surface area contributed by atoms with Crippen molar-refractivity contribution in [2.45, 2.75) is 25.8 Å². The van der Waals surface area contributed by atoms with Gasteiger partial charge in [0.2, 0.25) is 0 Å². The van der Waals surface area contributed by atoms with Crippen LogP contribution in [0.15, 0.2) is 18.2 Å². The van der Waals surface area contributed by atoms with Crippen LogP contribution < -0.4 is 10.5 Å². The minimum absolute atomic E-state index is 0.212. The van der Waals surface area contributed by atoms with Gasteiger partial charge >= 0.3 is 0 Å². The average molecular weight is 253 g/mol. The fourth-order valence-corrected chi connectivity index (χ4v) is 3.05. The summed E-state index contributed by atoms with van der Waals surface area (Å²) in [7, 11) is 1.59. The number of hydrogen-bond donors (Lipinski definition) is 1. The van der Waals surface area contributed by atoms with Crippen LogP contribution in [0, 0.1) is 5.82 Å². The van der Waals surface area contributed by atoms with Gasteiger partial charge < -0.3 is 10.5 Å². The fourth-order valence-electron chi connectivity index (χ4n) is 1.75. The van der Waals surface area contributed by atoms with Gasteiger partial charge in [-0.3, -0.25) is 0 Å². The van der Waals surface area contributed by atoms with E-state index in [-0.39, 0.29) is 5.82 Å². The molecule has 1 aromatic carbocycles. The number of ether oxygens (including phenoxy) is 1. The zero-order valence-electron chi connectivity index (χ0n) is 10.2. The van der Waals surface area contributed by atoms with Crippen LogP contribution in [-0.2, 0) is 5.54 Å². The van der Waals surface area contributed by atoms with Crippen molar-refractivity contribution in [2.24, 2.45) is 5.73 Å². The van der Waals surface area contributed by atoms with Gasteiger partial charge in [-0.2, -0.15) is 0 Å². The quantitative estimate of drug-likeness (QED) is 0.906. The minimum atomic E-state index is -0.626. The second-order valence-electron chi connectivity index (χ2n) is 4.35. The number of nitrogens with two attached hydrogens (primary N) is 1. The molecule has 2 rings (SSSR count). The van der Waals surface area contributed by atoms with Crippen LogP contribution >= 0.6 is 11.3 Å². The highest BCUT2D eigenvalue weighted by molar-refractivity contribution is 7.19. The van der Waals surface area contributed by atoms with E-state index in [0.29, 0.717) is 22.4 Å². The molecule has 0 fully saturated rings. The largest absolute Gasteiger partial charge is 0.495 e. The van der Waals surface area contributed by atoms with Crippen LogP contribution in [0.25, 0.3) is 10.1 Å². The lowest BCUT2D eigenvalue weighted by molar-refractivity contribution is 0.420. The van der Waals surface area contributed by atoms with E-state index in [1.165, 1.54) is 11.3 Å². The Morgan fingerprint density at radius 1 is 1.47 bits per heavy atom. The molecule has 0 amide bonds. The smallest absolute Gasteiger partial charge is 0.146 e. The molecule has 4 heteroatoms. The summed E-state index contributed by atoms with van der Waals surface area (Å²) in [5, 5.41) is 0.592. The van der Waals surface area contributed by atoms with Crippen molar-refractivity contribution in [1.29, 1.82) is 0 Å². The van der Waals surface area contributed by atoms with Crippen molar-refractivity contribution >= 4 is 21.4 Å². The Bertz CT molecular complexity index is 548. The Hall–Kier alpha value is -1.13. The van der Waals surface area contributed by atoms with Gasteiger partial charge in [-0.15, -0.1) is 11.3 Å². The van der Waals surface area contributed by atoms with Crippen LogP contribution in [0.4, 0.5) is 4.39 Å². The Kier molecular flexibility index (Phi) is 3.10. The van der Waals surface area contributed by atoms with E-state index < -0.39 is 5.54 Å². The third-order valence-electron chi connectivity index (χ3n) is 3.09. The van der Waals surface area contributed by atoms with Crippen LogP contribution in [0.1, 0.15) is 25.1 Å². The standard InChI is InChI=1S/C13H16FNOS/c1-4-13(2,15)12-10(14)8-6-5-7-9(16-3)11(8)17-12/h5-7H,4,15H2,1-3H3/t13-/m0/s1. The van der Waals surface area contributed by atoms with Crippen LogP contribution in [0.3, 0.4) is 0 Å². The molecule has 17 heavy (non-hydrogen) atoms. The number of thiophene rings is 1. The zero-order chi connectivity index (χ0) is 12.6. The predicted molar refractivity (Wildman–Crippen MR) is 70.2 cm³/mol. The Balaban J connectivity index is 2.72. The molecular formula is C13H16FNOS. The maximum Gasteiger partial charge on any atom is 0.146 e. The highest BCUT2D eigenvalue weighted by atomic mass is 32.1. The third kappa shape index (κ3) is 1.91. The van der Waals surface area contributed by atoms with Crippen molar-refractivity contribution in [3.8, 4) is 5.75 Å². The van der Waals surface area contributed by atoms with E-state index in [1.54, 1.807) is 19.2 Å². The van der Waals surface area contributed by atoms with Gasteiger partial charge in [0.15, 0.2) is 0 Å². The second kappa shape index (κ2) is 4.27. The number of methoxy groups -OCH3 is 1. The van der Waals surface area contributed by atoms with E-state index in [9.17, 15) is 4.39 Å². The number of hydrogen-bond acceptors (Lipinski definition) is 3. The van der Waals surface area contributed by atoms with E-state index in [4.69, 9.17) is 10.5 Å². The summed E-state index contributed by atoms with van der Waals surface area (Å²) in [5.41, 5.74) is 5.50. The first-order valence-electron chi connectivity index (χ1n) is 5.55. The monoisotopic (exact) mass is 253 g/mol. The van der Waals surface area contributed by atoms with Gasteiger partial charge in [-0.25, -0.2) is 4.39 Å². The summed E-state index contributed by atoms with van der Waals surface area (Å²) in [6, 6.07) is 5.39. The maximum absolute atomic E-state index is 14.3. The molecule has 1 aromatic heterocycles. The highest BCUT2D eigenvalue weighted by Gasteiger charge is 2.27. The Morgan fingerprint density at radius 3 is 2.76 bits per heavy atom. The normalized spacial score (nSPS) is 14.9. The van der Waals surface area contributed by atoms with Gasteiger partial charge in [0.1, 0.15) is 11.6 Å². The van der Waals surface area contributed by atoms with E-state index >= 15 is 0 Å². The Labute approximate surface area is 104 Å². The lowest BCUT2D eigenvalue weighted by Crippen LogP contribution is -2.31. The van der Waals surface area contributed by atoms with Crippen molar-refractivity contribution in [3.05, 3.63) is 28.9 Å². The lowest BCUT2D eigenvalue weighted by atomic mass is 9.97. The van der Waals surface area contributed by atoms with Gasteiger partial charge in [0.25, 0.3) is 0 Å². The fraction of sp³-hybridized carbons (Fsp3) is 0.385. The van der Waals surface area contributed by atoms with Crippen LogP contribution in [0.2, 0.25) is 0 Å². The average Bonchev–Trinajstić information content (AvgIpc) is 2.68. The molecule has 0 bridgehead atoms. The predicted octanol–water partition coefficient (Wildman–Crippen LogP) is 3.63. The van der Waals surface area contributed by atoms with Gasteiger partial charge in [0.05, 0.1) is 22.2 Å². The summed E-state index contributed by atoms with van der Waals surface area (Å²) >= 11 is 1.38. The summed E-state index contributed by atoms with van der Waals surface area (Å²) < 4.78 is 20.4. The van der Waals surface area contributed by atoms with Crippen molar-refractivity contribution < 1.29 is 9.13 Å². The lowest BCUT2D eigenvalue weighted by Gasteiger charge is -2.20. The molecular weight excluding hydrogens is 237 g/mol. The highest BCUT2D eigenvalue weighted by Crippen LogP contribution is 2.40. The first kappa shape index (κ1) is 12.3. The van der Waals surface area contributed by atoms with Gasteiger partial charge in [0, 0.05) is 5.39 Å². The molecule has 2 aromatic rings. The van der Waals surface area contributed by atoms with Crippen molar-refractivity contribution in [2.75, 3.05) is 7.11 Å². The maximum atomic E-state index is 14.3. The zero-order valence-corrected chi connectivity index (χ0v) is 11.0. The minimum Gasteiger partial charge on any atom is -0.495 e. The molecule has 0 unspecified atom stereocenters. The molecule has 0 saturated heterocycles. The topological polar surface area (TPSA) is 35.2 Å². The number of fused-ring (bicyclic) bond motifs is 1. The molecule has 0 spiro atoms. The molecule has 0 aliphatic heterocycles. The summed E-state index contributed by atoms with van der Waals surface area (Å²) in [6.07, 6.45) is 0.694. The summed E-state index contributed by atoms with van der Waals surface area (Å²) in [5.74, 6) is 0.486. The third-order valence-corrected chi connectivity index (χ3v) is 4.57. The molecule has 2 N–H and O–H groups in total. The molecule has 0 aliphatic rings. The van der Waals surface area contributed by atoms with E-state index in [1.807, 2.05) is 19.9 Å². The molecule has 2 nitrogen and oxygen atoms in total. The summed E-state index contributed by atoms with van der Waals surface area (Å²) in [4.78, 5) is 0.597. The van der Waals surface area contributed by atoms with E-state index in [0.717, 1.165) is 4.70 Å². The van der Waals surface area contributed by atoms with Crippen molar-refractivity contribution in [3.63, 3.8) is 0 Å². The van der Waals surface area contributed by atoms with E-state index in [2.05, 4.69) is 0 Å². The first-order chi connectivity index (χ1) is 8.01. The second-order valence-corrected chi connectivity index (χ2v) is 5.37. The summed E-state index contributed by atoms with van der Waals surface area (Å²) in [6.45, 7) is 3.81. The number of rotatable bonds is 3. The number of benzene rings is 1. The first-order valence-corrected chi connectivity index (χ1v) is 6.37. The van der Waals surface area contributed by atoms with Gasteiger partial charge in [-0.1, -0.05) is 19.1 Å². The molecule has 1 atom stereocenters. The molecule has 0 saturated carbocycles. The molecule has 0 radical (unpaired) electrons. The van der Waals surface area contributed by atoms with Crippen LogP contribution in [0.5, 0.6) is 5.75 Å². The molecule has 0 aliphatic carbocycles. The molecule has 1 heterocycles. The van der Waals surface area contributed by atoms with Crippen LogP contribution in [-0.4, -0.2) is 7.11 Å². The van der Waals surface area contributed by atoms with Gasteiger partial charge in [-0.05, 0) is 19.4 Å². The molecule has 92 valence electrons. The SMILES string of the molecule is CC[C@](C)(N)c1sc2c(OC)cccc2c1F.